The van der Waals surface area contributed by atoms with Crippen molar-refractivity contribution in [1.29, 1.82) is 0 Å². The van der Waals surface area contributed by atoms with E-state index in [9.17, 15) is 20.0 Å². The number of nitro benzene ring substituents is 1. The molecule has 2 N–H and O–H groups in total. The molecule has 4 aromatic rings. The predicted molar refractivity (Wildman–Crippen MR) is 143 cm³/mol. The molecule has 0 aliphatic heterocycles. The van der Waals surface area contributed by atoms with Crippen molar-refractivity contribution in [2.75, 3.05) is 18.5 Å². The van der Waals surface area contributed by atoms with Crippen LogP contribution >= 0.6 is 0 Å². The molecule has 0 radical (unpaired) electrons. The maximum absolute atomic E-state index is 12.8. The number of carbonyl (C=O) groups excluding carboxylic acids is 1. The van der Waals surface area contributed by atoms with Crippen LogP contribution in [-0.2, 0) is 22.6 Å². The first-order valence-electron chi connectivity index (χ1n) is 12.3. The molecule has 11 heteroatoms. The highest BCUT2D eigenvalue weighted by atomic mass is 16.6. The summed E-state index contributed by atoms with van der Waals surface area (Å²) in [4.78, 5) is 33.1. The predicted octanol–water partition coefficient (Wildman–Crippen LogP) is 5.15. The van der Waals surface area contributed by atoms with Crippen molar-refractivity contribution < 1.29 is 24.3 Å². The SMILES string of the molecule is CCOCc1nc2c(NC(=O)OCC(C)c3ccccc3[N+](=O)[O-])nc3ccccc3c2n1CC(C)(C)O. The minimum atomic E-state index is -1.04. The molecule has 0 saturated heterocycles. The number of amides is 1. The van der Waals surface area contributed by atoms with Gasteiger partial charge in [-0.1, -0.05) is 43.3 Å². The Hall–Kier alpha value is -4.09. The number of rotatable bonds is 10. The summed E-state index contributed by atoms with van der Waals surface area (Å²) < 4.78 is 12.9. The average Bonchev–Trinajstić information content (AvgIpc) is 3.23. The number of aromatic nitrogens is 3. The molecule has 0 saturated carbocycles. The molecule has 1 atom stereocenters. The summed E-state index contributed by atoms with van der Waals surface area (Å²) in [6.07, 6.45) is -0.761. The molecule has 2 aromatic heterocycles. The summed E-state index contributed by atoms with van der Waals surface area (Å²) in [5.74, 6) is 0.383. The molecule has 0 aliphatic carbocycles. The normalized spacial score (nSPS) is 12.6. The van der Waals surface area contributed by atoms with Gasteiger partial charge in [-0.2, -0.15) is 0 Å². The zero-order chi connectivity index (χ0) is 27.4. The van der Waals surface area contributed by atoms with Crippen LogP contribution in [0.4, 0.5) is 16.3 Å². The first-order valence-corrected chi connectivity index (χ1v) is 12.3. The van der Waals surface area contributed by atoms with Gasteiger partial charge in [0.1, 0.15) is 24.6 Å². The van der Waals surface area contributed by atoms with Gasteiger partial charge in [-0.25, -0.2) is 14.8 Å². The summed E-state index contributed by atoms with van der Waals surface area (Å²) in [5, 5.41) is 25.5. The second kappa shape index (κ2) is 11.1. The van der Waals surface area contributed by atoms with E-state index in [-0.39, 0.29) is 31.3 Å². The monoisotopic (exact) mass is 521 g/mol. The highest BCUT2D eigenvalue weighted by molar-refractivity contribution is 6.09. The average molecular weight is 522 g/mol. The fourth-order valence-corrected chi connectivity index (χ4v) is 4.32. The van der Waals surface area contributed by atoms with E-state index in [0.29, 0.717) is 34.5 Å². The van der Waals surface area contributed by atoms with Crippen molar-refractivity contribution in [3.05, 3.63) is 70.0 Å². The molecule has 0 aliphatic rings. The standard InChI is InChI=1S/C27H31N5O6/c1-5-37-15-22-29-23-24(31(22)16-27(3,4)34)19-11-6-8-12-20(19)28-25(23)30-26(33)38-14-17(2)18-10-7-9-13-21(18)32(35)36/h6-13,17,34H,5,14-16H2,1-4H3,(H,28,30,33). The number of nitro groups is 1. The van der Waals surface area contributed by atoms with E-state index in [0.717, 1.165) is 5.39 Å². The Kier molecular flexibility index (Phi) is 7.88. The van der Waals surface area contributed by atoms with Crippen molar-refractivity contribution in [2.45, 2.75) is 52.4 Å². The van der Waals surface area contributed by atoms with Gasteiger partial charge in [-0.15, -0.1) is 0 Å². The number of nitrogens with one attached hydrogen (secondary N) is 1. The Labute approximate surface area is 219 Å². The number of hydrogen-bond donors (Lipinski definition) is 2. The summed E-state index contributed by atoms with van der Waals surface area (Å²) in [7, 11) is 0. The highest BCUT2D eigenvalue weighted by Gasteiger charge is 2.25. The van der Waals surface area contributed by atoms with E-state index < -0.39 is 22.5 Å². The van der Waals surface area contributed by atoms with Crippen LogP contribution in [0.5, 0.6) is 0 Å². The summed E-state index contributed by atoms with van der Waals surface area (Å²) in [5.41, 5.74) is 1.18. The topological polar surface area (TPSA) is 142 Å². The lowest BCUT2D eigenvalue weighted by Gasteiger charge is -2.20. The number of hydrogen-bond acceptors (Lipinski definition) is 8. The number of ether oxygens (including phenoxy) is 2. The Morgan fingerprint density at radius 1 is 1.18 bits per heavy atom. The summed E-state index contributed by atoms with van der Waals surface area (Å²) in [6, 6.07) is 13.8. The van der Waals surface area contributed by atoms with Crippen LogP contribution in [0.2, 0.25) is 0 Å². The van der Waals surface area contributed by atoms with Crippen molar-refractivity contribution in [1.82, 2.24) is 14.5 Å². The molecule has 38 heavy (non-hydrogen) atoms. The van der Waals surface area contributed by atoms with Gasteiger partial charge in [0.2, 0.25) is 0 Å². The molecular formula is C27H31N5O6. The summed E-state index contributed by atoms with van der Waals surface area (Å²) in [6.45, 7) is 7.93. The lowest BCUT2D eigenvalue weighted by atomic mass is 10.0. The number of nitrogens with zero attached hydrogens (tertiary/aromatic N) is 4. The number of fused-ring (bicyclic) bond motifs is 3. The van der Waals surface area contributed by atoms with Gasteiger partial charge in [0.15, 0.2) is 5.82 Å². The van der Waals surface area contributed by atoms with E-state index in [1.165, 1.54) is 6.07 Å². The van der Waals surface area contributed by atoms with Gasteiger partial charge in [0.05, 0.1) is 28.1 Å². The Morgan fingerprint density at radius 2 is 1.89 bits per heavy atom. The molecule has 0 spiro atoms. The van der Waals surface area contributed by atoms with E-state index in [1.807, 2.05) is 35.8 Å². The van der Waals surface area contributed by atoms with Gasteiger partial charge in [-0.3, -0.25) is 15.4 Å². The van der Waals surface area contributed by atoms with E-state index >= 15 is 0 Å². The van der Waals surface area contributed by atoms with Gasteiger partial charge < -0.3 is 19.1 Å². The first-order chi connectivity index (χ1) is 18.1. The fourth-order valence-electron chi connectivity index (χ4n) is 4.32. The maximum Gasteiger partial charge on any atom is 0.412 e. The number of pyridine rings is 1. The van der Waals surface area contributed by atoms with Crippen LogP contribution in [0.15, 0.2) is 48.5 Å². The lowest BCUT2D eigenvalue weighted by molar-refractivity contribution is -0.385. The molecule has 1 unspecified atom stereocenters. The second-order valence-corrected chi connectivity index (χ2v) is 9.68. The molecule has 0 fully saturated rings. The van der Waals surface area contributed by atoms with Gasteiger partial charge in [0.25, 0.3) is 5.69 Å². The van der Waals surface area contributed by atoms with Gasteiger partial charge >= 0.3 is 6.09 Å². The zero-order valence-electron chi connectivity index (χ0n) is 21.8. The number of carbonyl (C=O) groups is 1. The largest absolute Gasteiger partial charge is 0.449 e. The van der Waals surface area contributed by atoms with Crippen molar-refractivity contribution in [3.63, 3.8) is 0 Å². The van der Waals surface area contributed by atoms with Crippen LogP contribution in [-0.4, -0.2) is 49.5 Å². The Bertz CT molecular complexity index is 1480. The zero-order valence-corrected chi connectivity index (χ0v) is 21.8. The lowest BCUT2D eigenvalue weighted by Crippen LogP contribution is -2.27. The third-order valence-electron chi connectivity index (χ3n) is 5.99. The van der Waals surface area contributed by atoms with Crippen molar-refractivity contribution in [3.8, 4) is 0 Å². The van der Waals surface area contributed by atoms with Crippen LogP contribution in [0.3, 0.4) is 0 Å². The van der Waals surface area contributed by atoms with Crippen molar-refractivity contribution in [2.24, 2.45) is 0 Å². The summed E-state index contributed by atoms with van der Waals surface area (Å²) >= 11 is 0. The maximum atomic E-state index is 12.8. The van der Waals surface area contributed by atoms with E-state index in [2.05, 4.69) is 10.3 Å². The quantitative estimate of drug-likeness (QED) is 0.215. The van der Waals surface area contributed by atoms with Gasteiger partial charge in [0, 0.05) is 29.5 Å². The smallest absolute Gasteiger partial charge is 0.412 e. The minimum absolute atomic E-state index is 0.0268. The first kappa shape index (κ1) is 27.0. The number of para-hydroxylation sites is 2. The Morgan fingerprint density at radius 3 is 2.61 bits per heavy atom. The Balaban J connectivity index is 1.67. The third-order valence-corrected chi connectivity index (χ3v) is 5.99. The number of imidazole rings is 1. The molecule has 0 bridgehead atoms. The van der Waals surface area contributed by atoms with Crippen LogP contribution < -0.4 is 5.32 Å². The second-order valence-electron chi connectivity index (χ2n) is 9.68. The molecule has 1 amide bonds. The van der Waals surface area contributed by atoms with E-state index in [4.69, 9.17) is 14.5 Å². The molecule has 4 rings (SSSR count). The van der Waals surface area contributed by atoms with Gasteiger partial charge in [-0.05, 0) is 26.8 Å². The fraction of sp³-hybridized carbons (Fsp3) is 0.370. The van der Waals surface area contributed by atoms with Crippen LogP contribution in [0, 0.1) is 10.1 Å². The number of aliphatic hydroxyl groups is 1. The highest BCUT2D eigenvalue weighted by Crippen LogP contribution is 2.32. The van der Waals surface area contributed by atoms with E-state index in [1.54, 1.807) is 39.0 Å². The third kappa shape index (κ3) is 5.90. The molecule has 2 aromatic carbocycles. The van der Waals surface area contributed by atoms with Crippen molar-refractivity contribution >= 4 is 39.5 Å². The number of benzene rings is 2. The van der Waals surface area contributed by atoms with Crippen LogP contribution in [0.1, 0.15) is 45.0 Å². The molecule has 200 valence electrons. The number of anilines is 1. The molecular weight excluding hydrogens is 490 g/mol. The minimum Gasteiger partial charge on any atom is -0.449 e. The van der Waals surface area contributed by atoms with Crippen LogP contribution in [0.25, 0.3) is 21.9 Å². The molecule has 2 heterocycles. The molecule has 11 nitrogen and oxygen atoms in total.